The van der Waals surface area contributed by atoms with Crippen molar-refractivity contribution in [3.05, 3.63) is 0 Å². The third-order valence-corrected chi connectivity index (χ3v) is 5.32. The van der Waals surface area contributed by atoms with E-state index in [0.29, 0.717) is 0 Å². The maximum absolute atomic E-state index is 11.7. The summed E-state index contributed by atoms with van der Waals surface area (Å²) in [5.41, 5.74) is 4.58. The largest absolute Gasteiger partial charge is 0.327 e. The monoisotopic (exact) mass is 364 g/mol. The number of nitriles is 2. The first-order valence-corrected chi connectivity index (χ1v) is 8.53. The Morgan fingerprint density at radius 3 is 1.48 bits per heavy atom. The number of nitrogens with zero attached hydrogens (tertiary/aromatic N) is 2. The van der Waals surface area contributed by atoms with E-state index in [2.05, 4.69) is 16.9 Å². The summed E-state index contributed by atoms with van der Waals surface area (Å²) in [6.45, 7) is 16.8. The molecule has 0 saturated carbocycles. The Labute approximate surface area is 151 Å². The Bertz CT molecular complexity index is 456. The molecule has 0 unspecified atom stereocenters. The topological polar surface area (TPSA) is 103 Å². The number of hydrogen-bond acceptors (Lipinski definition) is 4. The van der Waals surface area contributed by atoms with Crippen LogP contribution in [-0.4, -0.2) is 21.0 Å². The van der Waals surface area contributed by atoms with Crippen LogP contribution in [0.4, 0.5) is 0 Å². The zero-order valence-corrected chi connectivity index (χ0v) is 17.5. The minimum absolute atomic E-state index is 0. The van der Waals surface area contributed by atoms with E-state index < -0.39 is 16.4 Å². The molecule has 0 rings (SSSR count). The van der Waals surface area contributed by atoms with Gasteiger partial charge >= 0.3 is 0 Å². The molecular formula is C16H33ClN4OS. The molecule has 0 amide bonds. The van der Waals surface area contributed by atoms with Gasteiger partial charge in [-0.1, -0.05) is 0 Å². The molecular weight excluding hydrogens is 332 g/mol. The average molecular weight is 365 g/mol. The predicted molar refractivity (Wildman–Crippen MR) is 100 cm³/mol. The van der Waals surface area contributed by atoms with E-state index in [1.807, 2.05) is 62.3 Å². The SMILES string of the molecule is C[C@H](N)C(C)(C)C#N.C[C@H](N[S@](=O)C(C)(C)C)C(C)(C)C#N.Cl. The summed E-state index contributed by atoms with van der Waals surface area (Å²) in [5.74, 6) is 0. The van der Waals surface area contributed by atoms with Gasteiger partial charge in [-0.05, 0) is 62.3 Å². The van der Waals surface area contributed by atoms with Crippen LogP contribution in [0.5, 0.6) is 0 Å². The molecule has 0 saturated heterocycles. The summed E-state index contributed by atoms with van der Waals surface area (Å²) < 4.78 is 14.4. The zero-order valence-electron chi connectivity index (χ0n) is 15.9. The lowest BCUT2D eigenvalue weighted by atomic mass is 9.88. The molecule has 0 radical (unpaired) electrons. The highest BCUT2D eigenvalue weighted by Gasteiger charge is 2.30. The van der Waals surface area contributed by atoms with Crippen molar-refractivity contribution in [2.75, 3.05) is 0 Å². The van der Waals surface area contributed by atoms with Gasteiger partial charge in [-0.3, -0.25) is 0 Å². The molecule has 0 heterocycles. The molecule has 0 aromatic heterocycles. The van der Waals surface area contributed by atoms with Crippen molar-refractivity contribution < 1.29 is 4.21 Å². The third-order valence-electron chi connectivity index (χ3n) is 3.64. The van der Waals surface area contributed by atoms with Crippen molar-refractivity contribution in [1.82, 2.24) is 4.72 Å². The van der Waals surface area contributed by atoms with Crippen LogP contribution in [0, 0.1) is 33.5 Å². The second kappa shape index (κ2) is 10.3. The lowest BCUT2D eigenvalue weighted by Gasteiger charge is -2.28. The second-order valence-corrected chi connectivity index (χ2v) is 9.67. The van der Waals surface area contributed by atoms with Gasteiger partial charge in [0.2, 0.25) is 0 Å². The normalized spacial score (nSPS) is 15.7. The van der Waals surface area contributed by atoms with E-state index in [1.54, 1.807) is 0 Å². The molecule has 3 atom stereocenters. The van der Waals surface area contributed by atoms with Crippen LogP contribution < -0.4 is 10.5 Å². The predicted octanol–water partition coefficient (Wildman–Crippen LogP) is 3.28. The first-order chi connectivity index (χ1) is 9.61. The van der Waals surface area contributed by atoms with Gasteiger partial charge in [-0.25, -0.2) is 8.93 Å². The molecule has 0 fully saturated rings. The average Bonchev–Trinajstić information content (AvgIpc) is 2.37. The number of halogens is 1. The van der Waals surface area contributed by atoms with E-state index >= 15 is 0 Å². The summed E-state index contributed by atoms with van der Waals surface area (Å²) in [7, 11) is -1.12. The van der Waals surface area contributed by atoms with Crippen molar-refractivity contribution in [2.45, 2.75) is 79.1 Å². The van der Waals surface area contributed by atoms with E-state index in [9.17, 15) is 4.21 Å². The van der Waals surface area contributed by atoms with E-state index in [0.717, 1.165) is 0 Å². The molecule has 0 aliphatic carbocycles. The van der Waals surface area contributed by atoms with Crippen LogP contribution in [0.2, 0.25) is 0 Å². The molecule has 0 bridgehead atoms. The van der Waals surface area contributed by atoms with Gasteiger partial charge in [0.25, 0.3) is 0 Å². The van der Waals surface area contributed by atoms with E-state index in [1.165, 1.54) is 0 Å². The van der Waals surface area contributed by atoms with E-state index in [-0.39, 0.29) is 34.7 Å². The fourth-order valence-corrected chi connectivity index (χ4v) is 1.65. The van der Waals surface area contributed by atoms with Crippen molar-refractivity contribution in [2.24, 2.45) is 16.6 Å². The summed E-state index contributed by atoms with van der Waals surface area (Å²) in [6.07, 6.45) is 0. The van der Waals surface area contributed by atoms with Gasteiger partial charge in [0.1, 0.15) is 0 Å². The lowest BCUT2D eigenvalue weighted by molar-refractivity contribution is 0.382. The molecule has 136 valence electrons. The fourth-order valence-electron chi connectivity index (χ4n) is 0.683. The number of rotatable bonds is 4. The Morgan fingerprint density at radius 1 is 0.957 bits per heavy atom. The molecule has 0 aliphatic heterocycles. The zero-order chi connectivity index (χ0) is 18.4. The molecule has 0 aromatic carbocycles. The summed E-state index contributed by atoms with van der Waals surface area (Å²) in [6, 6.07) is 4.18. The highest BCUT2D eigenvalue weighted by Crippen LogP contribution is 2.20. The summed E-state index contributed by atoms with van der Waals surface area (Å²) in [5, 5.41) is 17.3. The first kappa shape index (κ1) is 27.2. The fraction of sp³-hybridized carbons (Fsp3) is 0.875. The highest BCUT2D eigenvalue weighted by molar-refractivity contribution is 7.84. The maximum atomic E-state index is 11.7. The molecule has 0 aromatic rings. The quantitative estimate of drug-likeness (QED) is 0.798. The van der Waals surface area contributed by atoms with Gasteiger partial charge in [-0.15, -0.1) is 12.4 Å². The molecule has 0 spiro atoms. The van der Waals surface area contributed by atoms with Crippen molar-refractivity contribution in [3.63, 3.8) is 0 Å². The lowest BCUT2D eigenvalue weighted by Crippen LogP contribution is -2.44. The van der Waals surface area contributed by atoms with Crippen molar-refractivity contribution in [1.29, 1.82) is 10.5 Å². The Kier molecular flexibility index (Phi) is 12.1. The van der Waals surface area contributed by atoms with Crippen LogP contribution in [0.1, 0.15) is 62.3 Å². The number of hydrogen-bond donors (Lipinski definition) is 2. The van der Waals surface area contributed by atoms with Crippen LogP contribution in [0.15, 0.2) is 0 Å². The van der Waals surface area contributed by atoms with E-state index in [4.69, 9.17) is 16.3 Å². The van der Waals surface area contributed by atoms with Gasteiger partial charge in [0.05, 0.1) is 38.7 Å². The van der Waals surface area contributed by atoms with Gasteiger partial charge in [-0.2, -0.15) is 10.5 Å². The second-order valence-electron chi connectivity index (χ2n) is 7.68. The molecule has 0 aliphatic rings. The van der Waals surface area contributed by atoms with Gasteiger partial charge in [0, 0.05) is 12.1 Å². The summed E-state index contributed by atoms with van der Waals surface area (Å²) in [4.78, 5) is 0. The van der Waals surface area contributed by atoms with Gasteiger partial charge < -0.3 is 5.73 Å². The third kappa shape index (κ3) is 10.7. The van der Waals surface area contributed by atoms with Crippen LogP contribution in [0.3, 0.4) is 0 Å². The maximum Gasteiger partial charge on any atom is 0.0973 e. The summed E-state index contributed by atoms with van der Waals surface area (Å²) >= 11 is 0. The van der Waals surface area contributed by atoms with Crippen LogP contribution in [0.25, 0.3) is 0 Å². The van der Waals surface area contributed by atoms with Crippen LogP contribution in [-0.2, 0) is 11.0 Å². The smallest absolute Gasteiger partial charge is 0.0973 e. The number of nitrogens with two attached hydrogens (primary N) is 1. The molecule has 23 heavy (non-hydrogen) atoms. The highest BCUT2D eigenvalue weighted by atomic mass is 35.5. The Balaban J connectivity index is -0.000000382. The molecule has 7 heteroatoms. The van der Waals surface area contributed by atoms with Crippen molar-refractivity contribution in [3.8, 4) is 12.1 Å². The minimum atomic E-state index is -1.12. The molecule has 5 nitrogen and oxygen atoms in total. The molecule has 3 N–H and O–H groups in total. The minimum Gasteiger partial charge on any atom is -0.327 e. The Morgan fingerprint density at radius 2 is 1.30 bits per heavy atom. The first-order valence-electron chi connectivity index (χ1n) is 7.38. The van der Waals surface area contributed by atoms with Crippen LogP contribution >= 0.6 is 12.4 Å². The van der Waals surface area contributed by atoms with Gasteiger partial charge in [0.15, 0.2) is 0 Å². The van der Waals surface area contributed by atoms with Crippen molar-refractivity contribution >= 4 is 23.4 Å². The standard InChI is InChI=1S/C10H20N2OS.C6H12N2.ClH/c1-8(10(5,6)7-11)12-14(13)9(2,3)4;1-5(8)6(2,3)4-7;/h8,12H,1-6H3;5H,8H2,1-3H3;1H/t8-,14+;5-;/m00./s1. The number of nitrogens with one attached hydrogen (secondary N) is 1. The Hall–Kier alpha value is -0.660.